The van der Waals surface area contributed by atoms with Crippen LogP contribution in [0.3, 0.4) is 0 Å². The molecule has 2 rings (SSSR count). The number of hydrogen-bond acceptors (Lipinski definition) is 2. The number of aryl methyl sites for hydroxylation is 1. The first-order valence-electron chi connectivity index (χ1n) is 4.70. The Balaban J connectivity index is 2.49. The van der Waals surface area contributed by atoms with E-state index >= 15 is 0 Å². The fourth-order valence-electron chi connectivity index (χ4n) is 1.51. The molecule has 3 nitrogen and oxygen atoms in total. The van der Waals surface area contributed by atoms with E-state index in [0.29, 0.717) is 0 Å². The largest absolute Gasteiger partial charge is 0.373 e. The maximum Gasteiger partial charge on any atom is 0.132 e. The highest BCUT2D eigenvalue weighted by Gasteiger charge is 2.06. The lowest BCUT2D eigenvalue weighted by Gasteiger charge is -2.07. The van der Waals surface area contributed by atoms with Gasteiger partial charge in [0.05, 0.1) is 11.9 Å². The van der Waals surface area contributed by atoms with E-state index in [4.69, 9.17) is 0 Å². The van der Waals surface area contributed by atoms with E-state index in [1.54, 1.807) is 23.0 Å². The normalized spacial score (nSPS) is 10.3. The number of nitrogens with one attached hydrogen (secondary N) is 1. The highest BCUT2D eigenvalue weighted by Crippen LogP contribution is 2.18. The van der Waals surface area contributed by atoms with Gasteiger partial charge in [0.15, 0.2) is 0 Å². The van der Waals surface area contributed by atoms with Gasteiger partial charge >= 0.3 is 0 Å². The molecule has 0 amide bonds. The molecule has 0 spiro atoms. The molecule has 78 valence electrons. The summed E-state index contributed by atoms with van der Waals surface area (Å²) in [6, 6.07) is 6.24. The van der Waals surface area contributed by atoms with Gasteiger partial charge in [-0.25, -0.2) is 9.07 Å². The quantitative estimate of drug-likeness (QED) is 0.815. The highest BCUT2D eigenvalue weighted by molar-refractivity contribution is 5.49. The molecular weight excluding hydrogens is 193 g/mol. The van der Waals surface area contributed by atoms with E-state index in [0.717, 1.165) is 17.1 Å². The minimum Gasteiger partial charge on any atom is -0.373 e. The topological polar surface area (TPSA) is 29.9 Å². The number of nitrogens with zero attached hydrogens (tertiary/aromatic N) is 2. The van der Waals surface area contributed by atoms with Crippen LogP contribution in [-0.2, 0) is 0 Å². The number of halogens is 1. The third-order valence-electron chi connectivity index (χ3n) is 2.26. The smallest absolute Gasteiger partial charge is 0.132 e. The zero-order valence-corrected chi connectivity index (χ0v) is 8.66. The first kappa shape index (κ1) is 9.71. The Morgan fingerprint density at radius 3 is 2.53 bits per heavy atom. The molecule has 0 aliphatic heterocycles. The summed E-state index contributed by atoms with van der Waals surface area (Å²) in [7, 11) is 1.84. The SMILES string of the molecule is CNc1c(C)cnn1-c1ccc(F)cc1. The summed E-state index contributed by atoms with van der Waals surface area (Å²) in [5, 5.41) is 7.28. The Labute approximate surface area is 87.5 Å². The fraction of sp³-hybridized carbons (Fsp3) is 0.182. The summed E-state index contributed by atoms with van der Waals surface area (Å²) >= 11 is 0. The molecule has 0 saturated carbocycles. The Morgan fingerprint density at radius 1 is 1.27 bits per heavy atom. The third kappa shape index (κ3) is 1.70. The van der Waals surface area contributed by atoms with Crippen molar-refractivity contribution in [3.63, 3.8) is 0 Å². The van der Waals surface area contributed by atoms with E-state index in [1.165, 1.54) is 12.1 Å². The van der Waals surface area contributed by atoms with Crippen LogP contribution in [0.1, 0.15) is 5.56 Å². The van der Waals surface area contributed by atoms with E-state index in [9.17, 15) is 4.39 Å². The number of rotatable bonds is 2. The Bertz CT molecular complexity index is 459. The number of hydrogen-bond donors (Lipinski definition) is 1. The second-order valence-electron chi connectivity index (χ2n) is 3.31. The molecule has 1 aromatic carbocycles. The van der Waals surface area contributed by atoms with Crippen molar-refractivity contribution in [2.75, 3.05) is 12.4 Å². The Hall–Kier alpha value is -1.84. The van der Waals surface area contributed by atoms with Gasteiger partial charge in [-0.3, -0.25) is 0 Å². The molecule has 0 unspecified atom stereocenters. The minimum absolute atomic E-state index is 0.242. The lowest BCUT2D eigenvalue weighted by Crippen LogP contribution is -2.02. The standard InChI is InChI=1S/C11H12FN3/c1-8-7-14-15(11(8)13-2)10-5-3-9(12)4-6-10/h3-7,13H,1-2H3. The fourth-order valence-corrected chi connectivity index (χ4v) is 1.51. The maximum absolute atomic E-state index is 12.7. The summed E-state index contributed by atoms with van der Waals surface area (Å²) in [6.07, 6.45) is 1.77. The lowest BCUT2D eigenvalue weighted by atomic mass is 10.3. The molecule has 1 N–H and O–H groups in total. The van der Waals surface area contributed by atoms with E-state index in [2.05, 4.69) is 10.4 Å². The first-order valence-corrected chi connectivity index (χ1v) is 4.70. The summed E-state index contributed by atoms with van der Waals surface area (Å²) in [6.45, 7) is 1.97. The van der Waals surface area contributed by atoms with Crippen molar-refractivity contribution in [2.24, 2.45) is 0 Å². The number of anilines is 1. The van der Waals surface area contributed by atoms with Crippen LogP contribution in [0.15, 0.2) is 30.5 Å². The van der Waals surface area contributed by atoms with Crippen molar-refractivity contribution < 1.29 is 4.39 Å². The number of aromatic nitrogens is 2. The zero-order valence-electron chi connectivity index (χ0n) is 8.66. The van der Waals surface area contributed by atoms with Gasteiger partial charge in [0.1, 0.15) is 11.6 Å². The van der Waals surface area contributed by atoms with Crippen LogP contribution in [0.5, 0.6) is 0 Å². The van der Waals surface area contributed by atoms with Gasteiger partial charge in [-0.15, -0.1) is 0 Å². The molecule has 2 aromatic rings. The summed E-state index contributed by atoms with van der Waals surface area (Å²) in [4.78, 5) is 0. The monoisotopic (exact) mass is 205 g/mol. The van der Waals surface area contributed by atoms with Crippen molar-refractivity contribution in [1.29, 1.82) is 0 Å². The average molecular weight is 205 g/mol. The van der Waals surface area contributed by atoms with Gasteiger partial charge in [-0.2, -0.15) is 5.10 Å². The second-order valence-corrected chi connectivity index (χ2v) is 3.31. The summed E-state index contributed by atoms with van der Waals surface area (Å²) < 4.78 is 14.5. The van der Waals surface area contributed by atoms with E-state index in [-0.39, 0.29) is 5.82 Å². The van der Waals surface area contributed by atoms with Crippen molar-refractivity contribution >= 4 is 5.82 Å². The molecule has 4 heteroatoms. The van der Waals surface area contributed by atoms with Gasteiger partial charge in [-0.1, -0.05) is 0 Å². The number of benzene rings is 1. The molecular formula is C11H12FN3. The second kappa shape index (κ2) is 3.73. The molecule has 0 aliphatic carbocycles. The van der Waals surface area contributed by atoms with E-state index < -0.39 is 0 Å². The van der Waals surface area contributed by atoms with Crippen LogP contribution in [0.25, 0.3) is 5.69 Å². The molecule has 1 aromatic heterocycles. The molecule has 0 saturated heterocycles. The van der Waals surface area contributed by atoms with Crippen molar-refractivity contribution in [1.82, 2.24) is 9.78 Å². The van der Waals surface area contributed by atoms with Gasteiger partial charge in [0, 0.05) is 12.6 Å². The predicted octanol–water partition coefficient (Wildman–Crippen LogP) is 2.36. The molecule has 0 bridgehead atoms. The zero-order chi connectivity index (χ0) is 10.8. The molecule has 1 heterocycles. The Kier molecular flexibility index (Phi) is 2.41. The molecule has 0 aliphatic rings. The average Bonchev–Trinajstić information content (AvgIpc) is 2.61. The van der Waals surface area contributed by atoms with Gasteiger partial charge in [-0.05, 0) is 31.2 Å². The van der Waals surface area contributed by atoms with Crippen LogP contribution < -0.4 is 5.32 Å². The minimum atomic E-state index is -0.242. The molecule has 0 atom stereocenters. The summed E-state index contributed by atoms with van der Waals surface area (Å²) in [5.74, 6) is 0.676. The lowest BCUT2D eigenvalue weighted by molar-refractivity contribution is 0.627. The third-order valence-corrected chi connectivity index (χ3v) is 2.26. The van der Waals surface area contributed by atoms with Crippen molar-refractivity contribution in [3.05, 3.63) is 41.8 Å². The Morgan fingerprint density at radius 2 is 1.93 bits per heavy atom. The highest BCUT2D eigenvalue weighted by atomic mass is 19.1. The first-order chi connectivity index (χ1) is 7.22. The van der Waals surface area contributed by atoms with Crippen LogP contribution in [0.4, 0.5) is 10.2 Å². The van der Waals surface area contributed by atoms with Crippen molar-refractivity contribution in [2.45, 2.75) is 6.92 Å². The van der Waals surface area contributed by atoms with Crippen LogP contribution in [0, 0.1) is 12.7 Å². The molecule has 15 heavy (non-hydrogen) atoms. The van der Waals surface area contributed by atoms with Gasteiger partial charge < -0.3 is 5.32 Å². The summed E-state index contributed by atoms with van der Waals surface area (Å²) in [5.41, 5.74) is 1.90. The maximum atomic E-state index is 12.7. The van der Waals surface area contributed by atoms with E-state index in [1.807, 2.05) is 14.0 Å². The van der Waals surface area contributed by atoms with Crippen molar-refractivity contribution in [3.8, 4) is 5.69 Å². The van der Waals surface area contributed by atoms with Crippen LogP contribution in [0.2, 0.25) is 0 Å². The molecule has 0 radical (unpaired) electrons. The predicted molar refractivity (Wildman–Crippen MR) is 57.8 cm³/mol. The molecule has 0 fully saturated rings. The van der Waals surface area contributed by atoms with Gasteiger partial charge in [0.25, 0.3) is 0 Å². The van der Waals surface area contributed by atoms with Crippen LogP contribution in [-0.4, -0.2) is 16.8 Å². The van der Waals surface area contributed by atoms with Crippen LogP contribution >= 0.6 is 0 Å². The van der Waals surface area contributed by atoms with Gasteiger partial charge in [0.2, 0.25) is 0 Å².